The number of aromatic nitrogens is 4. The van der Waals surface area contributed by atoms with Crippen molar-refractivity contribution in [2.45, 2.75) is 0 Å². The number of likely N-dealkylation sites (N-methyl/N-ethyl adjacent to an activating group) is 1. The lowest BCUT2D eigenvalue weighted by molar-refractivity contribution is 0.0937. The SMILES string of the molecule is CN1CCN(CCNC(=O)c2nn(-c3ccccc3)c3c(=O)n(C)cnc23)CC1. The Hall–Kier alpha value is -3.04. The molecule has 1 fully saturated rings. The molecule has 9 nitrogen and oxygen atoms in total. The van der Waals surface area contributed by atoms with Crippen LogP contribution in [0.5, 0.6) is 0 Å². The Morgan fingerprint density at radius 1 is 1.10 bits per heavy atom. The number of hydrogen-bond acceptors (Lipinski definition) is 6. The molecule has 0 spiro atoms. The zero-order valence-corrected chi connectivity index (χ0v) is 16.7. The van der Waals surface area contributed by atoms with E-state index in [1.54, 1.807) is 7.05 Å². The number of nitrogens with one attached hydrogen (secondary N) is 1. The fourth-order valence-electron chi connectivity index (χ4n) is 3.48. The van der Waals surface area contributed by atoms with Gasteiger partial charge >= 0.3 is 0 Å². The van der Waals surface area contributed by atoms with E-state index in [9.17, 15) is 9.59 Å². The van der Waals surface area contributed by atoms with Crippen LogP contribution in [0.2, 0.25) is 0 Å². The molecule has 1 amide bonds. The van der Waals surface area contributed by atoms with Gasteiger partial charge in [0.05, 0.1) is 12.0 Å². The van der Waals surface area contributed by atoms with Crippen LogP contribution in [0.25, 0.3) is 16.7 Å². The first-order valence-corrected chi connectivity index (χ1v) is 9.73. The van der Waals surface area contributed by atoms with Crippen molar-refractivity contribution < 1.29 is 4.79 Å². The normalized spacial score (nSPS) is 15.7. The number of fused-ring (bicyclic) bond motifs is 1. The van der Waals surface area contributed by atoms with E-state index >= 15 is 0 Å². The number of carbonyl (C=O) groups is 1. The molecule has 2 aromatic heterocycles. The number of aryl methyl sites for hydroxylation is 1. The monoisotopic (exact) mass is 395 g/mol. The minimum Gasteiger partial charge on any atom is -0.349 e. The molecular formula is C20H25N7O2. The molecule has 3 aromatic rings. The number of piperazine rings is 1. The number of nitrogens with zero attached hydrogens (tertiary/aromatic N) is 6. The van der Waals surface area contributed by atoms with Gasteiger partial charge in [-0.05, 0) is 19.2 Å². The molecule has 3 heterocycles. The molecule has 152 valence electrons. The van der Waals surface area contributed by atoms with Crippen LogP contribution in [0.15, 0.2) is 41.5 Å². The molecule has 0 bridgehead atoms. The van der Waals surface area contributed by atoms with Gasteiger partial charge in [0, 0.05) is 46.3 Å². The van der Waals surface area contributed by atoms with Crippen LogP contribution >= 0.6 is 0 Å². The van der Waals surface area contributed by atoms with Gasteiger partial charge in [0.15, 0.2) is 11.2 Å². The molecule has 0 atom stereocenters. The second kappa shape index (κ2) is 8.14. The van der Waals surface area contributed by atoms with Gasteiger partial charge in [-0.3, -0.25) is 14.5 Å². The number of hydrogen-bond donors (Lipinski definition) is 1. The zero-order valence-electron chi connectivity index (χ0n) is 16.7. The van der Waals surface area contributed by atoms with Crippen molar-refractivity contribution >= 4 is 16.9 Å². The van der Waals surface area contributed by atoms with Gasteiger partial charge < -0.3 is 14.8 Å². The summed E-state index contributed by atoms with van der Waals surface area (Å²) < 4.78 is 2.89. The quantitative estimate of drug-likeness (QED) is 0.659. The van der Waals surface area contributed by atoms with Gasteiger partial charge in [-0.15, -0.1) is 0 Å². The molecule has 1 N–H and O–H groups in total. The molecule has 0 unspecified atom stereocenters. The summed E-state index contributed by atoms with van der Waals surface area (Å²) in [4.78, 5) is 34.5. The summed E-state index contributed by atoms with van der Waals surface area (Å²) in [6.07, 6.45) is 1.42. The van der Waals surface area contributed by atoms with E-state index in [1.807, 2.05) is 30.3 Å². The smallest absolute Gasteiger partial charge is 0.279 e. The summed E-state index contributed by atoms with van der Waals surface area (Å²) >= 11 is 0. The minimum absolute atomic E-state index is 0.167. The Kier molecular flexibility index (Phi) is 5.41. The topological polar surface area (TPSA) is 88.3 Å². The average molecular weight is 395 g/mol. The van der Waals surface area contributed by atoms with Crippen LogP contribution in [0.3, 0.4) is 0 Å². The van der Waals surface area contributed by atoms with Crippen molar-refractivity contribution in [1.82, 2.24) is 34.4 Å². The Bertz CT molecular complexity index is 1070. The lowest BCUT2D eigenvalue weighted by atomic mass is 10.3. The summed E-state index contributed by atoms with van der Waals surface area (Å²) in [7, 11) is 3.75. The maximum atomic E-state index is 12.8. The molecule has 0 aliphatic carbocycles. The largest absolute Gasteiger partial charge is 0.349 e. The number of para-hydroxylation sites is 1. The highest BCUT2D eigenvalue weighted by atomic mass is 16.2. The first-order valence-electron chi connectivity index (χ1n) is 9.73. The number of rotatable bonds is 5. The van der Waals surface area contributed by atoms with Gasteiger partial charge in [-0.2, -0.15) is 5.10 Å². The predicted octanol–water partition coefficient (Wildman–Crippen LogP) is 0.0964. The van der Waals surface area contributed by atoms with Crippen molar-refractivity contribution in [3.05, 3.63) is 52.7 Å². The number of amides is 1. The average Bonchev–Trinajstić information content (AvgIpc) is 3.13. The van der Waals surface area contributed by atoms with E-state index < -0.39 is 0 Å². The highest BCUT2D eigenvalue weighted by Crippen LogP contribution is 2.17. The summed E-state index contributed by atoms with van der Waals surface area (Å²) in [5.74, 6) is -0.320. The second-order valence-electron chi connectivity index (χ2n) is 7.35. The van der Waals surface area contributed by atoms with Crippen LogP contribution in [0.4, 0.5) is 0 Å². The molecule has 1 aliphatic heterocycles. The summed E-state index contributed by atoms with van der Waals surface area (Å²) in [5, 5.41) is 7.37. The van der Waals surface area contributed by atoms with Crippen molar-refractivity contribution in [3.8, 4) is 5.69 Å². The van der Waals surface area contributed by atoms with Crippen LogP contribution in [-0.2, 0) is 7.05 Å². The van der Waals surface area contributed by atoms with Crippen molar-refractivity contribution in [2.24, 2.45) is 7.05 Å². The summed E-state index contributed by atoms with van der Waals surface area (Å²) in [5.41, 5.74) is 1.24. The molecule has 0 radical (unpaired) electrons. The minimum atomic E-state index is -0.320. The van der Waals surface area contributed by atoms with E-state index in [1.165, 1.54) is 15.6 Å². The van der Waals surface area contributed by atoms with E-state index in [0.29, 0.717) is 23.3 Å². The third-order valence-electron chi connectivity index (χ3n) is 5.27. The predicted molar refractivity (Wildman–Crippen MR) is 110 cm³/mol. The summed E-state index contributed by atoms with van der Waals surface area (Å²) in [6, 6.07) is 9.29. The first kappa shape index (κ1) is 19.3. The van der Waals surface area contributed by atoms with Crippen LogP contribution in [-0.4, -0.2) is 81.4 Å². The van der Waals surface area contributed by atoms with Crippen molar-refractivity contribution in [3.63, 3.8) is 0 Å². The van der Waals surface area contributed by atoms with E-state index in [-0.39, 0.29) is 17.2 Å². The molecule has 1 aromatic carbocycles. The molecule has 9 heteroatoms. The standard InChI is InChI=1S/C20H25N7O2/c1-24-10-12-26(13-11-24)9-8-21-19(28)17-16-18(20(29)25(2)14-22-16)27(23-17)15-6-4-3-5-7-15/h3-7,14H,8-13H2,1-2H3,(H,21,28). The molecular weight excluding hydrogens is 370 g/mol. The highest BCUT2D eigenvalue weighted by molar-refractivity contribution is 6.03. The van der Waals surface area contributed by atoms with Crippen LogP contribution in [0, 0.1) is 0 Å². The third-order valence-corrected chi connectivity index (χ3v) is 5.27. The maximum Gasteiger partial charge on any atom is 0.279 e. The van der Waals surface area contributed by atoms with E-state index in [0.717, 1.165) is 32.7 Å². The van der Waals surface area contributed by atoms with Gasteiger partial charge in [0.2, 0.25) is 0 Å². The van der Waals surface area contributed by atoms with Crippen LogP contribution in [0.1, 0.15) is 10.5 Å². The van der Waals surface area contributed by atoms with Crippen molar-refractivity contribution in [1.29, 1.82) is 0 Å². The van der Waals surface area contributed by atoms with Gasteiger partial charge in [-0.1, -0.05) is 18.2 Å². The Morgan fingerprint density at radius 3 is 2.55 bits per heavy atom. The fourth-order valence-corrected chi connectivity index (χ4v) is 3.48. The molecule has 29 heavy (non-hydrogen) atoms. The molecule has 1 saturated heterocycles. The number of carbonyl (C=O) groups excluding carboxylic acids is 1. The number of benzene rings is 1. The third kappa shape index (κ3) is 3.92. The van der Waals surface area contributed by atoms with Gasteiger partial charge in [0.25, 0.3) is 11.5 Å². The molecule has 4 rings (SSSR count). The molecule has 0 saturated carbocycles. The first-order chi connectivity index (χ1) is 14.0. The summed E-state index contributed by atoms with van der Waals surface area (Å²) in [6.45, 7) is 5.37. The highest BCUT2D eigenvalue weighted by Gasteiger charge is 2.22. The second-order valence-corrected chi connectivity index (χ2v) is 7.35. The fraction of sp³-hybridized carbons (Fsp3) is 0.400. The lowest BCUT2D eigenvalue weighted by Gasteiger charge is -2.32. The van der Waals surface area contributed by atoms with Gasteiger partial charge in [-0.25, -0.2) is 9.67 Å². The van der Waals surface area contributed by atoms with Gasteiger partial charge in [0.1, 0.15) is 5.52 Å². The van der Waals surface area contributed by atoms with Crippen LogP contribution < -0.4 is 10.9 Å². The van der Waals surface area contributed by atoms with E-state index in [4.69, 9.17) is 0 Å². The van der Waals surface area contributed by atoms with Crippen molar-refractivity contribution in [2.75, 3.05) is 46.3 Å². The molecule has 1 aliphatic rings. The Labute approximate surface area is 168 Å². The Morgan fingerprint density at radius 2 is 1.83 bits per heavy atom. The zero-order chi connectivity index (χ0) is 20.4. The Balaban J connectivity index is 1.58. The lowest BCUT2D eigenvalue weighted by Crippen LogP contribution is -2.46. The maximum absolute atomic E-state index is 12.8. The van der Waals surface area contributed by atoms with E-state index in [2.05, 4.69) is 32.2 Å².